The van der Waals surface area contributed by atoms with Gasteiger partial charge < -0.3 is 10.6 Å². The Morgan fingerprint density at radius 1 is 0.800 bits per heavy atom. The molecule has 4 aromatic rings. The highest BCUT2D eigenvalue weighted by Crippen LogP contribution is 2.33. The summed E-state index contributed by atoms with van der Waals surface area (Å²) < 4.78 is 85.7. The standard InChI is InChI=1S/C32H31F6N5O2/c1-20-29(41-15-13-40(14-16-41)17-22-9-5-10-24(28(22)35)32(36,37)38)30(44)43(19-27(39)21-7-3-2-4-8-21)31(45)42(20)18-23-25(33)11-6-12-26(23)34/h2-12,27H,13-19,39H2,1H3/t27-/m1/s1. The molecular formula is C32H31F6N5O2. The molecule has 238 valence electrons. The van der Waals surface area contributed by atoms with Gasteiger partial charge in [-0.2, -0.15) is 13.2 Å². The van der Waals surface area contributed by atoms with Crippen LogP contribution in [0.15, 0.2) is 76.3 Å². The molecule has 0 spiro atoms. The fraction of sp³-hybridized carbons (Fsp3) is 0.312. The van der Waals surface area contributed by atoms with E-state index in [2.05, 4.69) is 0 Å². The van der Waals surface area contributed by atoms with Crippen molar-refractivity contribution in [1.29, 1.82) is 0 Å². The Hall–Kier alpha value is -4.36. The lowest BCUT2D eigenvalue weighted by molar-refractivity contribution is -0.140. The first-order valence-electron chi connectivity index (χ1n) is 14.3. The molecule has 7 nitrogen and oxygen atoms in total. The molecule has 45 heavy (non-hydrogen) atoms. The van der Waals surface area contributed by atoms with Crippen LogP contribution in [0.2, 0.25) is 0 Å². The number of benzene rings is 3. The van der Waals surface area contributed by atoms with Crippen molar-refractivity contribution in [1.82, 2.24) is 14.0 Å². The second kappa shape index (κ2) is 12.9. The lowest BCUT2D eigenvalue weighted by Gasteiger charge is -2.37. The summed E-state index contributed by atoms with van der Waals surface area (Å²) in [5, 5.41) is 0. The zero-order valence-electron chi connectivity index (χ0n) is 24.3. The summed E-state index contributed by atoms with van der Waals surface area (Å²) in [5.41, 5.74) is 4.17. The van der Waals surface area contributed by atoms with E-state index in [0.717, 1.165) is 27.3 Å². The number of hydrogen-bond acceptors (Lipinski definition) is 5. The molecule has 1 aliphatic heterocycles. The monoisotopic (exact) mass is 631 g/mol. The largest absolute Gasteiger partial charge is 0.419 e. The highest BCUT2D eigenvalue weighted by Gasteiger charge is 2.35. The first-order chi connectivity index (χ1) is 21.4. The van der Waals surface area contributed by atoms with Crippen LogP contribution < -0.4 is 21.9 Å². The van der Waals surface area contributed by atoms with E-state index in [9.17, 15) is 35.9 Å². The smallest absolute Gasteiger partial charge is 0.363 e. The van der Waals surface area contributed by atoms with Gasteiger partial charge in [0.2, 0.25) is 0 Å². The minimum Gasteiger partial charge on any atom is -0.363 e. The molecule has 0 radical (unpaired) electrons. The molecule has 1 fully saturated rings. The van der Waals surface area contributed by atoms with Crippen LogP contribution in [0.5, 0.6) is 0 Å². The van der Waals surface area contributed by atoms with E-state index in [4.69, 9.17) is 5.73 Å². The molecule has 5 rings (SSSR count). The summed E-state index contributed by atoms with van der Waals surface area (Å²) in [4.78, 5) is 31.1. The van der Waals surface area contributed by atoms with E-state index in [0.29, 0.717) is 11.6 Å². The topological polar surface area (TPSA) is 76.5 Å². The van der Waals surface area contributed by atoms with Crippen molar-refractivity contribution in [2.24, 2.45) is 5.73 Å². The number of anilines is 1. The van der Waals surface area contributed by atoms with Gasteiger partial charge in [-0.05, 0) is 30.7 Å². The van der Waals surface area contributed by atoms with Crippen molar-refractivity contribution in [3.05, 3.63) is 133 Å². The van der Waals surface area contributed by atoms with Crippen molar-refractivity contribution < 1.29 is 26.3 Å². The second-order valence-electron chi connectivity index (χ2n) is 11.0. The van der Waals surface area contributed by atoms with Gasteiger partial charge in [0, 0.05) is 55.6 Å². The number of piperazine rings is 1. The Labute approximate surface area is 254 Å². The van der Waals surface area contributed by atoms with Gasteiger partial charge in [-0.25, -0.2) is 18.0 Å². The summed E-state index contributed by atoms with van der Waals surface area (Å²) >= 11 is 0. The fourth-order valence-corrected chi connectivity index (χ4v) is 5.63. The summed E-state index contributed by atoms with van der Waals surface area (Å²) in [6.07, 6.45) is -4.83. The maximum atomic E-state index is 14.7. The average Bonchev–Trinajstić information content (AvgIpc) is 3.00. The maximum absolute atomic E-state index is 14.7. The second-order valence-corrected chi connectivity index (χ2v) is 11.0. The van der Waals surface area contributed by atoms with Crippen molar-refractivity contribution in [3.8, 4) is 0 Å². The van der Waals surface area contributed by atoms with Crippen LogP contribution in [0.3, 0.4) is 0 Å². The summed E-state index contributed by atoms with van der Waals surface area (Å²) in [6.45, 7) is 1.71. The molecule has 1 saturated heterocycles. The van der Waals surface area contributed by atoms with Crippen molar-refractivity contribution in [3.63, 3.8) is 0 Å². The number of hydrogen-bond donors (Lipinski definition) is 1. The van der Waals surface area contributed by atoms with Gasteiger partial charge in [-0.15, -0.1) is 0 Å². The van der Waals surface area contributed by atoms with E-state index in [1.54, 1.807) is 40.1 Å². The number of nitrogens with zero attached hydrogens (tertiary/aromatic N) is 4. The van der Waals surface area contributed by atoms with Crippen LogP contribution in [-0.2, 0) is 25.8 Å². The molecule has 1 aliphatic rings. The quantitative estimate of drug-likeness (QED) is 0.282. The van der Waals surface area contributed by atoms with Crippen LogP contribution in [0, 0.1) is 24.4 Å². The zero-order valence-corrected chi connectivity index (χ0v) is 24.3. The maximum Gasteiger partial charge on any atom is 0.419 e. The molecule has 0 aliphatic carbocycles. The Balaban J connectivity index is 1.47. The lowest BCUT2D eigenvalue weighted by Crippen LogP contribution is -2.51. The Morgan fingerprint density at radius 2 is 1.42 bits per heavy atom. The third-order valence-electron chi connectivity index (χ3n) is 8.11. The van der Waals surface area contributed by atoms with Crippen LogP contribution in [0.1, 0.15) is 34.0 Å². The zero-order chi connectivity index (χ0) is 32.5. The van der Waals surface area contributed by atoms with Gasteiger partial charge in [0.25, 0.3) is 5.56 Å². The highest BCUT2D eigenvalue weighted by atomic mass is 19.4. The van der Waals surface area contributed by atoms with Crippen LogP contribution >= 0.6 is 0 Å². The predicted octanol–water partition coefficient (Wildman–Crippen LogP) is 4.83. The number of halogens is 6. The van der Waals surface area contributed by atoms with E-state index < -0.39 is 53.0 Å². The van der Waals surface area contributed by atoms with E-state index >= 15 is 0 Å². The molecule has 0 unspecified atom stereocenters. The fourth-order valence-electron chi connectivity index (χ4n) is 5.63. The van der Waals surface area contributed by atoms with Crippen molar-refractivity contribution in [2.75, 3.05) is 31.1 Å². The van der Waals surface area contributed by atoms with Gasteiger partial charge in [0.15, 0.2) is 0 Å². The first kappa shape index (κ1) is 32.0. The van der Waals surface area contributed by atoms with Crippen molar-refractivity contribution in [2.45, 2.75) is 38.8 Å². The van der Waals surface area contributed by atoms with Crippen LogP contribution in [0.25, 0.3) is 0 Å². The van der Waals surface area contributed by atoms with E-state index in [1.807, 2.05) is 0 Å². The third-order valence-corrected chi connectivity index (χ3v) is 8.11. The third kappa shape index (κ3) is 6.69. The lowest BCUT2D eigenvalue weighted by atomic mass is 10.1. The number of aromatic nitrogens is 2. The Morgan fingerprint density at radius 3 is 2.04 bits per heavy atom. The molecule has 0 amide bonds. The molecule has 1 aromatic heterocycles. The normalized spacial score (nSPS) is 15.0. The SMILES string of the molecule is Cc1c(N2CCN(Cc3cccc(C(F)(F)F)c3F)CC2)c(=O)n(C[C@@H](N)c2ccccc2)c(=O)n1Cc1c(F)cccc1F. The average molecular weight is 632 g/mol. The molecule has 2 heterocycles. The van der Waals surface area contributed by atoms with Gasteiger partial charge >= 0.3 is 11.9 Å². The Bertz CT molecular complexity index is 1780. The van der Waals surface area contributed by atoms with E-state index in [-0.39, 0.29) is 61.8 Å². The number of rotatable bonds is 8. The van der Waals surface area contributed by atoms with Gasteiger partial charge in [-0.3, -0.25) is 18.8 Å². The summed E-state index contributed by atoms with van der Waals surface area (Å²) in [6, 6.07) is 14.6. The minimum absolute atomic E-state index is 0.0786. The van der Waals surface area contributed by atoms with Crippen LogP contribution in [0.4, 0.5) is 32.0 Å². The predicted molar refractivity (Wildman–Crippen MR) is 157 cm³/mol. The molecule has 0 bridgehead atoms. The molecule has 1 atom stereocenters. The number of alkyl halides is 3. The first-order valence-corrected chi connectivity index (χ1v) is 14.3. The minimum atomic E-state index is -4.83. The van der Waals surface area contributed by atoms with E-state index in [1.165, 1.54) is 19.1 Å². The molecule has 13 heteroatoms. The molecule has 3 aromatic carbocycles. The van der Waals surface area contributed by atoms with Crippen molar-refractivity contribution >= 4 is 5.69 Å². The van der Waals surface area contributed by atoms with Gasteiger partial charge in [-0.1, -0.05) is 48.5 Å². The summed E-state index contributed by atoms with van der Waals surface area (Å²) in [7, 11) is 0. The van der Waals surface area contributed by atoms with Crippen LogP contribution in [-0.4, -0.2) is 40.2 Å². The Kier molecular flexibility index (Phi) is 9.21. The number of nitrogens with two attached hydrogens (primary N) is 1. The van der Waals surface area contributed by atoms with Gasteiger partial charge in [0.1, 0.15) is 23.1 Å². The molecular weight excluding hydrogens is 600 g/mol. The summed E-state index contributed by atoms with van der Waals surface area (Å²) in [5.74, 6) is -3.03. The molecule has 0 saturated carbocycles. The van der Waals surface area contributed by atoms with Gasteiger partial charge in [0.05, 0.1) is 18.7 Å². The highest BCUT2D eigenvalue weighted by molar-refractivity contribution is 5.50. The molecule has 2 N–H and O–H groups in total.